The largest absolute Gasteiger partial charge is 0.496 e. The van der Waals surface area contributed by atoms with Gasteiger partial charge in [-0.1, -0.05) is 46.3 Å². The Morgan fingerprint density at radius 2 is 1.89 bits per heavy atom. The third-order valence-corrected chi connectivity index (χ3v) is 3.59. The molecule has 2 aromatic carbocycles. The van der Waals surface area contributed by atoms with Crippen molar-refractivity contribution < 1.29 is 9.84 Å². The van der Waals surface area contributed by atoms with Crippen LogP contribution < -0.4 is 4.74 Å². The third kappa shape index (κ3) is 3.82. The van der Waals surface area contributed by atoms with E-state index in [9.17, 15) is 5.11 Å². The summed E-state index contributed by atoms with van der Waals surface area (Å²) in [6, 6.07) is 15.9. The van der Waals surface area contributed by atoms with Crippen molar-refractivity contribution in [2.45, 2.75) is 18.9 Å². The predicted octanol–water partition coefficient (Wildman–Crippen LogP) is 4.12. The van der Waals surface area contributed by atoms with Crippen LogP contribution >= 0.6 is 15.9 Å². The first kappa shape index (κ1) is 14.1. The van der Waals surface area contributed by atoms with Crippen LogP contribution in [0.3, 0.4) is 0 Å². The highest BCUT2D eigenvalue weighted by molar-refractivity contribution is 9.10. The summed E-state index contributed by atoms with van der Waals surface area (Å²) in [6.07, 6.45) is 1.00. The van der Waals surface area contributed by atoms with Crippen LogP contribution in [0.25, 0.3) is 0 Å². The summed E-state index contributed by atoms with van der Waals surface area (Å²) in [5, 5.41) is 10.3. The fourth-order valence-electron chi connectivity index (χ4n) is 2.07. The van der Waals surface area contributed by atoms with Gasteiger partial charge in [-0.15, -0.1) is 0 Å². The van der Waals surface area contributed by atoms with E-state index in [0.717, 1.165) is 22.2 Å². The second-order valence-electron chi connectivity index (χ2n) is 4.43. The van der Waals surface area contributed by atoms with Crippen LogP contribution in [0.2, 0.25) is 0 Å². The van der Waals surface area contributed by atoms with Crippen molar-refractivity contribution in [3.8, 4) is 5.75 Å². The van der Waals surface area contributed by atoms with E-state index >= 15 is 0 Å². The van der Waals surface area contributed by atoms with Crippen molar-refractivity contribution in [1.82, 2.24) is 0 Å². The molecule has 1 atom stereocenters. The Labute approximate surface area is 122 Å². The number of aryl methyl sites for hydroxylation is 1. The molecule has 3 heteroatoms. The van der Waals surface area contributed by atoms with Gasteiger partial charge in [0.2, 0.25) is 0 Å². The van der Waals surface area contributed by atoms with Gasteiger partial charge in [0.25, 0.3) is 0 Å². The minimum atomic E-state index is -0.521. The Morgan fingerprint density at radius 1 is 1.16 bits per heavy atom. The molecule has 0 aliphatic rings. The monoisotopic (exact) mass is 320 g/mol. The van der Waals surface area contributed by atoms with Crippen molar-refractivity contribution in [2.24, 2.45) is 0 Å². The molecule has 0 aliphatic carbocycles. The zero-order valence-corrected chi connectivity index (χ0v) is 12.4. The molecule has 0 fully saturated rings. The SMILES string of the molecule is COc1ccc(Br)cc1C(O)CCc1ccccc1. The molecule has 2 rings (SSSR count). The standard InChI is InChI=1S/C16H17BrO2/c1-19-16-10-8-13(17)11-14(16)15(18)9-7-12-5-3-2-4-6-12/h2-6,8,10-11,15,18H,7,9H2,1H3. The van der Waals surface area contributed by atoms with E-state index in [2.05, 4.69) is 28.1 Å². The zero-order valence-electron chi connectivity index (χ0n) is 10.8. The molecule has 2 nitrogen and oxygen atoms in total. The van der Waals surface area contributed by atoms with Gasteiger partial charge in [-0.25, -0.2) is 0 Å². The first-order chi connectivity index (χ1) is 9.20. The zero-order chi connectivity index (χ0) is 13.7. The molecule has 0 bridgehead atoms. The smallest absolute Gasteiger partial charge is 0.124 e. The van der Waals surface area contributed by atoms with Crippen molar-refractivity contribution >= 4 is 15.9 Å². The van der Waals surface area contributed by atoms with E-state index in [1.54, 1.807) is 7.11 Å². The van der Waals surface area contributed by atoms with Crippen LogP contribution in [0.5, 0.6) is 5.75 Å². The molecule has 0 spiro atoms. The molecule has 0 radical (unpaired) electrons. The van der Waals surface area contributed by atoms with E-state index in [0.29, 0.717) is 6.42 Å². The molecule has 0 saturated carbocycles. The number of ether oxygens (including phenoxy) is 1. The summed E-state index contributed by atoms with van der Waals surface area (Å²) in [4.78, 5) is 0. The molecular weight excluding hydrogens is 304 g/mol. The molecule has 1 N–H and O–H groups in total. The lowest BCUT2D eigenvalue weighted by Crippen LogP contribution is -2.02. The number of methoxy groups -OCH3 is 1. The second-order valence-corrected chi connectivity index (χ2v) is 5.34. The predicted molar refractivity (Wildman–Crippen MR) is 80.4 cm³/mol. The van der Waals surface area contributed by atoms with E-state index in [-0.39, 0.29) is 0 Å². The molecule has 2 aromatic rings. The quantitative estimate of drug-likeness (QED) is 0.897. The Kier molecular flexibility index (Phi) is 5.00. The van der Waals surface area contributed by atoms with E-state index in [1.807, 2.05) is 36.4 Å². The minimum Gasteiger partial charge on any atom is -0.496 e. The van der Waals surface area contributed by atoms with Crippen molar-refractivity contribution in [3.05, 3.63) is 64.1 Å². The van der Waals surface area contributed by atoms with Gasteiger partial charge in [0, 0.05) is 10.0 Å². The van der Waals surface area contributed by atoms with Crippen molar-refractivity contribution in [2.75, 3.05) is 7.11 Å². The summed E-state index contributed by atoms with van der Waals surface area (Å²) in [5.74, 6) is 0.726. The Morgan fingerprint density at radius 3 is 2.58 bits per heavy atom. The molecule has 0 heterocycles. The summed E-state index contributed by atoms with van der Waals surface area (Å²) in [6.45, 7) is 0. The highest BCUT2D eigenvalue weighted by atomic mass is 79.9. The maximum atomic E-state index is 10.3. The van der Waals surface area contributed by atoms with Gasteiger partial charge in [0.05, 0.1) is 13.2 Å². The van der Waals surface area contributed by atoms with Crippen LogP contribution in [0.1, 0.15) is 23.7 Å². The van der Waals surface area contributed by atoms with Gasteiger partial charge < -0.3 is 9.84 Å². The maximum absolute atomic E-state index is 10.3. The second kappa shape index (κ2) is 6.73. The lowest BCUT2D eigenvalue weighted by molar-refractivity contribution is 0.163. The lowest BCUT2D eigenvalue weighted by atomic mass is 10.0. The van der Waals surface area contributed by atoms with Gasteiger partial charge in [-0.05, 0) is 36.6 Å². The summed E-state index contributed by atoms with van der Waals surface area (Å²) < 4.78 is 6.24. The normalized spacial score (nSPS) is 12.2. The van der Waals surface area contributed by atoms with Gasteiger partial charge >= 0.3 is 0 Å². The molecular formula is C16H17BrO2. The van der Waals surface area contributed by atoms with Crippen LogP contribution in [0.15, 0.2) is 53.0 Å². The Bertz CT molecular complexity index is 526. The summed E-state index contributed by atoms with van der Waals surface area (Å²) in [7, 11) is 1.62. The van der Waals surface area contributed by atoms with E-state index < -0.39 is 6.10 Å². The van der Waals surface area contributed by atoms with Crippen molar-refractivity contribution in [1.29, 1.82) is 0 Å². The number of hydrogen-bond acceptors (Lipinski definition) is 2. The highest BCUT2D eigenvalue weighted by Gasteiger charge is 2.13. The fraction of sp³-hybridized carbons (Fsp3) is 0.250. The summed E-state index contributed by atoms with van der Waals surface area (Å²) >= 11 is 3.42. The molecule has 0 aliphatic heterocycles. The number of hydrogen-bond donors (Lipinski definition) is 1. The van der Waals surface area contributed by atoms with Crippen LogP contribution in [-0.2, 0) is 6.42 Å². The van der Waals surface area contributed by atoms with Crippen LogP contribution in [0, 0.1) is 0 Å². The number of benzene rings is 2. The average molecular weight is 321 g/mol. The van der Waals surface area contributed by atoms with Crippen LogP contribution in [0.4, 0.5) is 0 Å². The number of rotatable bonds is 5. The third-order valence-electron chi connectivity index (χ3n) is 3.10. The molecule has 0 amide bonds. The topological polar surface area (TPSA) is 29.5 Å². The van der Waals surface area contributed by atoms with Gasteiger partial charge in [-0.3, -0.25) is 0 Å². The number of aliphatic hydroxyl groups is 1. The van der Waals surface area contributed by atoms with Crippen molar-refractivity contribution in [3.63, 3.8) is 0 Å². The van der Waals surface area contributed by atoms with Gasteiger partial charge in [0.1, 0.15) is 5.75 Å². The van der Waals surface area contributed by atoms with E-state index in [4.69, 9.17) is 4.74 Å². The van der Waals surface area contributed by atoms with Gasteiger partial charge in [0.15, 0.2) is 0 Å². The molecule has 19 heavy (non-hydrogen) atoms. The number of halogens is 1. The fourth-order valence-corrected chi connectivity index (χ4v) is 2.45. The minimum absolute atomic E-state index is 0.521. The summed E-state index contributed by atoms with van der Waals surface area (Å²) in [5.41, 5.74) is 2.06. The average Bonchev–Trinajstić information content (AvgIpc) is 2.46. The van der Waals surface area contributed by atoms with Crippen LogP contribution in [-0.4, -0.2) is 12.2 Å². The Balaban J connectivity index is 2.07. The highest BCUT2D eigenvalue weighted by Crippen LogP contribution is 2.30. The van der Waals surface area contributed by atoms with E-state index in [1.165, 1.54) is 5.56 Å². The maximum Gasteiger partial charge on any atom is 0.124 e. The first-order valence-corrected chi connectivity index (χ1v) is 7.05. The first-order valence-electron chi connectivity index (χ1n) is 6.26. The molecule has 1 unspecified atom stereocenters. The lowest BCUT2D eigenvalue weighted by Gasteiger charge is -2.15. The molecule has 100 valence electrons. The Hall–Kier alpha value is -1.32. The van der Waals surface area contributed by atoms with Gasteiger partial charge in [-0.2, -0.15) is 0 Å². The molecule has 0 aromatic heterocycles. The number of aliphatic hydroxyl groups excluding tert-OH is 1. The molecule has 0 saturated heterocycles.